The van der Waals surface area contributed by atoms with Crippen molar-refractivity contribution in [1.29, 1.82) is 0 Å². The molecule has 6 heteroatoms. The summed E-state index contributed by atoms with van der Waals surface area (Å²) >= 11 is 4.12. The predicted octanol–water partition coefficient (Wildman–Crippen LogP) is 1.14. The van der Waals surface area contributed by atoms with Crippen LogP contribution in [-0.2, 0) is 9.84 Å². The Morgan fingerprint density at radius 3 is 2.71 bits per heavy atom. The smallest absolute Gasteiger partial charge is 0.251 e. The first-order valence-corrected chi connectivity index (χ1v) is 7.49. The number of carbonyl (C=O) groups is 1. The summed E-state index contributed by atoms with van der Waals surface area (Å²) in [5.41, 5.74) is 0.478. The van der Waals surface area contributed by atoms with E-state index in [4.69, 9.17) is 0 Å². The van der Waals surface area contributed by atoms with Crippen molar-refractivity contribution in [1.82, 2.24) is 5.32 Å². The van der Waals surface area contributed by atoms with E-state index in [1.807, 2.05) is 0 Å². The minimum atomic E-state index is -3.04. The Kier molecular flexibility index (Phi) is 5.02. The molecule has 1 rings (SSSR count). The Labute approximate surface area is 107 Å². The van der Waals surface area contributed by atoms with Gasteiger partial charge in [-0.15, -0.1) is 12.6 Å². The summed E-state index contributed by atoms with van der Waals surface area (Å²) in [5.74, 6) is -0.225. The second-order valence-electron chi connectivity index (χ2n) is 3.54. The topological polar surface area (TPSA) is 63.2 Å². The SMILES string of the molecule is CCS(=O)(=O)CCNC(=O)c1cccc(S)c1. The molecular weight excluding hydrogens is 258 g/mol. The number of nitrogens with one attached hydrogen (secondary N) is 1. The largest absolute Gasteiger partial charge is 0.351 e. The molecule has 0 spiro atoms. The highest BCUT2D eigenvalue weighted by molar-refractivity contribution is 7.91. The van der Waals surface area contributed by atoms with Crippen molar-refractivity contribution >= 4 is 28.4 Å². The Balaban J connectivity index is 2.51. The molecule has 0 bridgehead atoms. The fourth-order valence-electron chi connectivity index (χ4n) is 1.21. The van der Waals surface area contributed by atoms with Crippen LogP contribution in [-0.4, -0.2) is 32.4 Å². The van der Waals surface area contributed by atoms with E-state index in [1.54, 1.807) is 31.2 Å². The molecule has 0 saturated heterocycles. The van der Waals surface area contributed by atoms with Crippen molar-refractivity contribution < 1.29 is 13.2 Å². The van der Waals surface area contributed by atoms with E-state index in [0.717, 1.165) is 0 Å². The van der Waals surface area contributed by atoms with Gasteiger partial charge in [-0.25, -0.2) is 8.42 Å². The van der Waals surface area contributed by atoms with Crippen LogP contribution in [0.2, 0.25) is 0 Å². The molecule has 0 fully saturated rings. The standard InChI is InChI=1S/C11H15NO3S2/c1-2-17(14,15)7-6-12-11(13)9-4-3-5-10(16)8-9/h3-5,8,16H,2,6-7H2,1H3,(H,12,13). The van der Waals surface area contributed by atoms with Crippen LogP contribution in [0.15, 0.2) is 29.2 Å². The van der Waals surface area contributed by atoms with Gasteiger partial charge in [0.25, 0.3) is 5.91 Å². The van der Waals surface area contributed by atoms with Crippen molar-refractivity contribution in [2.45, 2.75) is 11.8 Å². The van der Waals surface area contributed by atoms with Crippen LogP contribution in [0.1, 0.15) is 17.3 Å². The molecule has 0 aliphatic heterocycles. The predicted molar refractivity (Wildman–Crippen MR) is 70.4 cm³/mol. The lowest BCUT2D eigenvalue weighted by Gasteiger charge is -2.05. The molecular formula is C11H15NO3S2. The van der Waals surface area contributed by atoms with Crippen LogP contribution in [0.3, 0.4) is 0 Å². The molecule has 4 nitrogen and oxygen atoms in total. The molecule has 94 valence electrons. The van der Waals surface area contributed by atoms with Crippen molar-refractivity contribution in [2.24, 2.45) is 0 Å². The van der Waals surface area contributed by atoms with Gasteiger partial charge in [-0.3, -0.25) is 4.79 Å². The highest BCUT2D eigenvalue weighted by Crippen LogP contribution is 2.08. The number of carbonyl (C=O) groups excluding carboxylic acids is 1. The fourth-order valence-corrected chi connectivity index (χ4v) is 2.14. The zero-order valence-electron chi connectivity index (χ0n) is 9.51. The highest BCUT2D eigenvalue weighted by Gasteiger charge is 2.09. The molecule has 1 aromatic rings. The summed E-state index contributed by atoms with van der Waals surface area (Å²) < 4.78 is 22.4. The first-order valence-electron chi connectivity index (χ1n) is 5.22. The molecule has 0 radical (unpaired) electrons. The number of rotatable bonds is 5. The van der Waals surface area contributed by atoms with E-state index in [-0.39, 0.29) is 24.0 Å². The van der Waals surface area contributed by atoms with Crippen LogP contribution >= 0.6 is 12.6 Å². The third kappa shape index (κ3) is 4.79. The molecule has 0 saturated carbocycles. The van der Waals surface area contributed by atoms with Gasteiger partial charge in [0.15, 0.2) is 9.84 Å². The monoisotopic (exact) mass is 273 g/mol. The maximum Gasteiger partial charge on any atom is 0.251 e. The molecule has 0 aromatic heterocycles. The Morgan fingerprint density at radius 2 is 2.12 bits per heavy atom. The van der Waals surface area contributed by atoms with Gasteiger partial charge in [-0.1, -0.05) is 13.0 Å². The van der Waals surface area contributed by atoms with Gasteiger partial charge in [-0.05, 0) is 18.2 Å². The Morgan fingerprint density at radius 1 is 1.41 bits per heavy atom. The van der Waals surface area contributed by atoms with E-state index >= 15 is 0 Å². The first-order chi connectivity index (χ1) is 7.94. The summed E-state index contributed by atoms with van der Waals surface area (Å²) in [6.07, 6.45) is 0. The molecule has 0 atom stereocenters. The van der Waals surface area contributed by atoms with Crippen molar-refractivity contribution in [2.75, 3.05) is 18.1 Å². The van der Waals surface area contributed by atoms with Crippen LogP contribution in [0.4, 0.5) is 0 Å². The Hall–Kier alpha value is -1.01. The molecule has 1 amide bonds. The maximum absolute atomic E-state index is 11.6. The number of sulfone groups is 1. The summed E-state index contributed by atoms with van der Waals surface area (Å²) in [7, 11) is -3.04. The lowest BCUT2D eigenvalue weighted by molar-refractivity contribution is 0.0956. The highest BCUT2D eigenvalue weighted by atomic mass is 32.2. The molecule has 17 heavy (non-hydrogen) atoms. The molecule has 0 aliphatic carbocycles. The van der Waals surface area contributed by atoms with Crippen LogP contribution in [0, 0.1) is 0 Å². The number of hydrogen-bond acceptors (Lipinski definition) is 4. The molecule has 0 heterocycles. The zero-order valence-corrected chi connectivity index (χ0v) is 11.2. The fraction of sp³-hybridized carbons (Fsp3) is 0.364. The number of amides is 1. The lowest BCUT2D eigenvalue weighted by Crippen LogP contribution is -2.29. The summed E-state index contributed by atoms with van der Waals surface area (Å²) in [6, 6.07) is 6.78. The van der Waals surface area contributed by atoms with Crippen LogP contribution < -0.4 is 5.32 Å². The molecule has 0 aliphatic rings. The summed E-state index contributed by atoms with van der Waals surface area (Å²) in [5, 5.41) is 2.56. The minimum absolute atomic E-state index is 0.0319. The average molecular weight is 273 g/mol. The number of thiol groups is 1. The van der Waals surface area contributed by atoms with Gasteiger partial charge in [0.05, 0.1) is 5.75 Å². The van der Waals surface area contributed by atoms with Gasteiger partial charge in [0.2, 0.25) is 0 Å². The number of hydrogen-bond donors (Lipinski definition) is 2. The summed E-state index contributed by atoms with van der Waals surface area (Å²) in [6.45, 7) is 1.72. The van der Waals surface area contributed by atoms with Gasteiger partial charge >= 0.3 is 0 Å². The van der Waals surface area contributed by atoms with Gasteiger partial charge in [-0.2, -0.15) is 0 Å². The first kappa shape index (κ1) is 14.1. The number of benzene rings is 1. The van der Waals surface area contributed by atoms with E-state index in [0.29, 0.717) is 10.5 Å². The van der Waals surface area contributed by atoms with E-state index in [9.17, 15) is 13.2 Å². The summed E-state index contributed by atoms with van der Waals surface area (Å²) in [4.78, 5) is 12.3. The second kappa shape index (κ2) is 6.07. The van der Waals surface area contributed by atoms with E-state index < -0.39 is 9.84 Å². The molecule has 1 aromatic carbocycles. The van der Waals surface area contributed by atoms with Crippen LogP contribution in [0.25, 0.3) is 0 Å². The van der Waals surface area contributed by atoms with Crippen molar-refractivity contribution in [3.05, 3.63) is 29.8 Å². The third-order valence-electron chi connectivity index (χ3n) is 2.25. The van der Waals surface area contributed by atoms with Gasteiger partial charge < -0.3 is 5.32 Å². The van der Waals surface area contributed by atoms with E-state index in [2.05, 4.69) is 17.9 Å². The third-order valence-corrected chi connectivity index (χ3v) is 4.23. The molecule has 1 N–H and O–H groups in total. The van der Waals surface area contributed by atoms with E-state index in [1.165, 1.54) is 0 Å². The lowest BCUT2D eigenvalue weighted by atomic mass is 10.2. The zero-order chi connectivity index (χ0) is 12.9. The second-order valence-corrected chi connectivity index (χ2v) is 6.53. The quantitative estimate of drug-likeness (QED) is 0.791. The van der Waals surface area contributed by atoms with Crippen molar-refractivity contribution in [3.63, 3.8) is 0 Å². The molecule has 0 unspecified atom stereocenters. The minimum Gasteiger partial charge on any atom is -0.351 e. The van der Waals surface area contributed by atoms with Gasteiger partial charge in [0, 0.05) is 22.8 Å². The average Bonchev–Trinajstić information content (AvgIpc) is 2.28. The maximum atomic E-state index is 11.6. The van der Waals surface area contributed by atoms with Gasteiger partial charge in [0.1, 0.15) is 0 Å². The Bertz CT molecular complexity index is 497. The van der Waals surface area contributed by atoms with Crippen LogP contribution in [0.5, 0.6) is 0 Å². The normalized spacial score (nSPS) is 11.2. The van der Waals surface area contributed by atoms with Crippen molar-refractivity contribution in [3.8, 4) is 0 Å².